The summed E-state index contributed by atoms with van der Waals surface area (Å²) >= 11 is 0. The summed E-state index contributed by atoms with van der Waals surface area (Å²) < 4.78 is 4.67. The summed E-state index contributed by atoms with van der Waals surface area (Å²) in [7, 11) is 1.42. The van der Waals surface area contributed by atoms with Crippen LogP contribution in [0.15, 0.2) is 36.5 Å². The Morgan fingerprint density at radius 3 is 3.00 bits per heavy atom. The van der Waals surface area contributed by atoms with Crippen molar-refractivity contribution in [3.8, 4) is 0 Å². The standard InChI is InChI=1S/C14H20O2/c1-3-4-5-6-7-12-8-10-13(11-9-12)14(15)16-2/h3,8,10-12H,1,4-7,9H2,2H3. The van der Waals surface area contributed by atoms with E-state index >= 15 is 0 Å². The average molecular weight is 220 g/mol. The summed E-state index contributed by atoms with van der Waals surface area (Å²) in [6.45, 7) is 3.71. The maximum Gasteiger partial charge on any atom is 0.337 e. The molecule has 0 bridgehead atoms. The van der Waals surface area contributed by atoms with Crippen LogP contribution < -0.4 is 0 Å². The highest BCUT2D eigenvalue weighted by molar-refractivity contribution is 5.91. The van der Waals surface area contributed by atoms with Crippen molar-refractivity contribution in [1.82, 2.24) is 0 Å². The van der Waals surface area contributed by atoms with Gasteiger partial charge in [0.25, 0.3) is 0 Å². The molecule has 1 unspecified atom stereocenters. The first-order valence-corrected chi connectivity index (χ1v) is 5.85. The Labute approximate surface area is 97.7 Å². The number of carbonyl (C=O) groups is 1. The Balaban J connectivity index is 2.27. The van der Waals surface area contributed by atoms with E-state index in [1.807, 2.05) is 18.2 Å². The van der Waals surface area contributed by atoms with Gasteiger partial charge in [-0.2, -0.15) is 0 Å². The smallest absolute Gasteiger partial charge is 0.337 e. The summed E-state index contributed by atoms with van der Waals surface area (Å²) in [6, 6.07) is 0. The molecule has 2 heteroatoms. The van der Waals surface area contributed by atoms with E-state index in [2.05, 4.69) is 17.4 Å². The number of esters is 1. The van der Waals surface area contributed by atoms with E-state index < -0.39 is 0 Å². The van der Waals surface area contributed by atoms with Gasteiger partial charge in [-0.05, 0) is 31.6 Å². The third-order valence-electron chi connectivity index (χ3n) is 2.84. The molecule has 0 aromatic carbocycles. The van der Waals surface area contributed by atoms with E-state index in [0.29, 0.717) is 11.5 Å². The molecule has 16 heavy (non-hydrogen) atoms. The molecule has 1 atom stereocenters. The minimum absolute atomic E-state index is 0.235. The van der Waals surface area contributed by atoms with E-state index in [0.717, 1.165) is 12.8 Å². The molecule has 0 N–H and O–H groups in total. The second-order valence-electron chi connectivity index (χ2n) is 4.08. The van der Waals surface area contributed by atoms with Crippen LogP contribution in [0.1, 0.15) is 32.1 Å². The van der Waals surface area contributed by atoms with Gasteiger partial charge in [0.1, 0.15) is 0 Å². The van der Waals surface area contributed by atoms with E-state index in [9.17, 15) is 4.79 Å². The van der Waals surface area contributed by atoms with Gasteiger partial charge >= 0.3 is 5.97 Å². The minimum Gasteiger partial charge on any atom is -0.465 e. The molecule has 0 aromatic heterocycles. The fraction of sp³-hybridized carbons (Fsp3) is 0.500. The molecule has 0 aliphatic heterocycles. The third-order valence-corrected chi connectivity index (χ3v) is 2.84. The quantitative estimate of drug-likeness (QED) is 0.389. The monoisotopic (exact) mass is 220 g/mol. The summed E-state index contributed by atoms with van der Waals surface area (Å²) in [4.78, 5) is 11.2. The van der Waals surface area contributed by atoms with Crippen LogP contribution >= 0.6 is 0 Å². The number of carbonyl (C=O) groups excluding carboxylic acids is 1. The second-order valence-corrected chi connectivity index (χ2v) is 4.08. The van der Waals surface area contributed by atoms with Crippen molar-refractivity contribution in [2.24, 2.45) is 5.92 Å². The third kappa shape index (κ3) is 4.05. The molecular formula is C14H20O2. The number of unbranched alkanes of at least 4 members (excludes halogenated alkanes) is 2. The second kappa shape index (κ2) is 7.04. The first-order chi connectivity index (χ1) is 7.77. The molecule has 88 valence electrons. The highest BCUT2D eigenvalue weighted by Crippen LogP contribution is 2.22. The predicted octanol–water partition coefficient (Wildman–Crippen LogP) is 3.41. The fourth-order valence-electron chi connectivity index (χ4n) is 1.84. The van der Waals surface area contributed by atoms with Gasteiger partial charge < -0.3 is 4.74 Å². The Morgan fingerprint density at radius 1 is 1.62 bits per heavy atom. The lowest BCUT2D eigenvalue weighted by Crippen LogP contribution is -2.08. The van der Waals surface area contributed by atoms with Crippen molar-refractivity contribution in [1.29, 1.82) is 0 Å². The van der Waals surface area contributed by atoms with Crippen LogP contribution in [0.25, 0.3) is 0 Å². The van der Waals surface area contributed by atoms with Crippen molar-refractivity contribution < 1.29 is 9.53 Å². The molecule has 1 aliphatic rings. The maximum atomic E-state index is 11.2. The number of allylic oxidation sites excluding steroid dienone is 3. The number of hydrogen-bond acceptors (Lipinski definition) is 2. The van der Waals surface area contributed by atoms with Crippen LogP contribution in [0.3, 0.4) is 0 Å². The zero-order chi connectivity index (χ0) is 11.8. The molecule has 0 saturated heterocycles. The first kappa shape index (κ1) is 12.8. The summed E-state index contributed by atoms with van der Waals surface area (Å²) in [5, 5.41) is 0. The largest absolute Gasteiger partial charge is 0.465 e. The maximum absolute atomic E-state index is 11.2. The highest BCUT2D eigenvalue weighted by Gasteiger charge is 2.13. The lowest BCUT2D eigenvalue weighted by Gasteiger charge is -2.14. The van der Waals surface area contributed by atoms with Crippen LogP contribution in [0, 0.1) is 5.92 Å². The van der Waals surface area contributed by atoms with Gasteiger partial charge in [-0.1, -0.05) is 30.7 Å². The average Bonchev–Trinajstić information content (AvgIpc) is 2.34. The van der Waals surface area contributed by atoms with Gasteiger partial charge in [-0.15, -0.1) is 6.58 Å². The molecule has 0 aromatic rings. The van der Waals surface area contributed by atoms with Gasteiger partial charge in [0.2, 0.25) is 0 Å². The van der Waals surface area contributed by atoms with Crippen LogP contribution in [0.4, 0.5) is 0 Å². The Morgan fingerprint density at radius 2 is 2.44 bits per heavy atom. The molecule has 0 heterocycles. The van der Waals surface area contributed by atoms with Gasteiger partial charge in [0, 0.05) is 0 Å². The number of ether oxygens (including phenoxy) is 1. The summed E-state index contributed by atoms with van der Waals surface area (Å²) in [6.07, 6.45) is 13.6. The first-order valence-electron chi connectivity index (χ1n) is 5.85. The van der Waals surface area contributed by atoms with Gasteiger partial charge in [-0.3, -0.25) is 0 Å². The van der Waals surface area contributed by atoms with E-state index in [4.69, 9.17) is 0 Å². The number of methoxy groups -OCH3 is 1. The summed E-state index contributed by atoms with van der Waals surface area (Å²) in [5.41, 5.74) is 0.685. The predicted molar refractivity (Wildman–Crippen MR) is 66.0 cm³/mol. The van der Waals surface area contributed by atoms with Crippen LogP contribution in [-0.2, 0) is 9.53 Å². The van der Waals surface area contributed by atoms with Crippen molar-refractivity contribution in [3.05, 3.63) is 36.5 Å². The van der Waals surface area contributed by atoms with Crippen molar-refractivity contribution >= 4 is 5.97 Å². The highest BCUT2D eigenvalue weighted by atomic mass is 16.5. The van der Waals surface area contributed by atoms with E-state index in [1.54, 1.807) is 0 Å². The van der Waals surface area contributed by atoms with Crippen LogP contribution in [0.2, 0.25) is 0 Å². The van der Waals surface area contributed by atoms with Crippen LogP contribution in [-0.4, -0.2) is 13.1 Å². The Hall–Kier alpha value is -1.31. The molecule has 1 aliphatic carbocycles. The molecule has 0 amide bonds. The lowest BCUT2D eigenvalue weighted by atomic mass is 9.92. The number of hydrogen-bond donors (Lipinski definition) is 0. The molecule has 1 rings (SSSR count). The Kier molecular flexibility index (Phi) is 5.62. The topological polar surface area (TPSA) is 26.3 Å². The molecule has 2 nitrogen and oxygen atoms in total. The van der Waals surface area contributed by atoms with Crippen molar-refractivity contribution in [2.45, 2.75) is 32.1 Å². The van der Waals surface area contributed by atoms with Crippen molar-refractivity contribution in [2.75, 3.05) is 7.11 Å². The lowest BCUT2D eigenvalue weighted by molar-refractivity contribution is -0.135. The van der Waals surface area contributed by atoms with Gasteiger partial charge in [0.15, 0.2) is 0 Å². The van der Waals surface area contributed by atoms with Crippen molar-refractivity contribution in [3.63, 3.8) is 0 Å². The molecule has 0 saturated carbocycles. The number of rotatable bonds is 6. The van der Waals surface area contributed by atoms with Gasteiger partial charge in [-0.25, -0.2) is 4.79 Å². The summed E-state index contributed by atoms with van der Waals surface area (Å²) in [5.74, 6) is 0.347. The molecule has 0 fully saturated rings. The van der Waals surface area contributed by atoms with E-state index in [1.165, 1.54) is 26.4 Å². The normalized spacial score (nSPS) is 19.1. The molecule has 0 radical (unpaired) electrons. The molecular weight excluding hydrogens is 200 g/mol. The minimum atomic E-state index is -0.235. The Bertz CT molecular complexity index is 300. The zero-order valence-electron chi connectivity index (χ0n) is 9.95. The SMILES string of the molecule is C=CCCCCC1C=CC(C(=O)OC)=CC1. The van der Waals surface area contributed by atoms with E-state index in [-0.39, 0.29) is 5.97 Å². The fourth-order valence-corrected chi connectivity index (χ4v) is 1.84. The zero-order valence-corrected chi connectivity index (χ0v) is 9.95. The van der Waals surface area contributed by atoms with Gasteiger partial charge in [0.05, 0.1) is 12.7 Å². The molecule has 0 spiro atoms. The van der Waals surface area contributed by atoms with Crippen LogP contribution in [0.5, 0.6) is 0 Å².